The topological polar surface area (TPSA) is 34.1 Å². The Hall–Kier alpha value is -1.58. The first-order chi connectivity index (χ1) is 10.2. The molecule has 21 heavy (non-hydrogen) atoms. The van der Waals surface area contributed by atoms with Crippen molar-refractivity contribution in [2.24, 2.45) is 0 Å². The van der Waals surface area contributed by atoms with Crippen LogP contribution in [0.1, 0.15) is 30.9 Å². The molecular weight excluding hydrogens is 284 g/mol. The van der Waals surface area contributed by atoms with Gasteiger partial charge in [0.15, 0.2) is 0 Å². The fourth-order valence-corrected chi connectivity index (χ4v) is 2.38. The van der Waals surface area contributed by atoms with Crippen molar-refractivity contribution in [3.63, 3.8) is 0 Å². The van der Waals surface area contributed by atoms with Gasteiger partial charge in [0.25, 0.3) is 0 Å². The van der Waals surface area contributed by atoms with Crippen molar-refractivity contribution < 1.29 is 4.74 Å². The number of aryl methyl sites for hydroxylation is 1. The van der Waals surface area contributed by atoms with Crippen LogP contribution in [0.3, 0.4) is 0 Å². The number of ether oxygens (including phenoxy) is 1. The van der Waals surface area contributed by atoms with Crippen molar-refractivity contribution in [2.45, 2.75) is 38.8 Å². The molecule has 1 fully saturated rings. The molecule has 0 bridgehead atoms. The number of benzene rings is 1. The monoisotopic (exact) mass is 302 g/mol. The summed E-state index contributed by atoms with van der Waals surface area (Å²) in [5.74, 6) is 1.38. The highest BCUT2D eigenvalue weighted by Crippen LogP contribution is 2.26. The van der Waals surface area contributed by atoms with Gasteiger partial charge in [-0.1, -0.05) is 24.6 Å². The molecule has 1 heterocycles. The number of aromatic nitrogens is 1. The number of hydrogen-bond acceptors (Lipinski definition) is 3. The van der Waals surface area contributed by atoms with Crippen LogP contribution >= 0.6 is 11.6 Å². The van der Waals surface area contributed by atoms with Crippen LogP contribution in [-0.4, -0.2) is 11.0 Å². The molecule has 0 atom stereocenters. The van der Waals surface area contributed by atoms with E-state index >= 15 is 0 Å². The molecule has 0 saturated heterocycles. The first-order valence-electron chi connectivity index (χ1n) is 7.39. The molecule has 2 aromatic rings. The highest BCUT2D eigenvalue weighted by atomic mass is 35.5. The predicted octanol–water partition coefficient (Wildman–Crippen LogP) is 4.34. The van der Waals surface area contributed by atoms with Crippen molar-refractivity contribution in [3.05, 3.63) is 52.7 Å². The molecule has 1 saturated carbocycles. The first kappa shape index (κ1) is 14.4. The summed E-state index contributed by atoms with van der Waals surface area (Å²) in [6.07, 6.45) is 5.34. The van der Waals surface area contributed by atoms with Crippen molar-refractivity contribution >= 4 is 11.6 Å². The molecule has 1 N–H and O–H groups in total. The maximum Gasteiger partial charge on any atom is 0.219 e. The lowest BCUT2D eigenvalue weighted by molar-refractivity contribution is 0.461. The maximum absolute atomic E-state index is 6.11. The van der Waals surface area contributed by atoms with E-state index in [-0.39, 0.29) is 0 Å². The Kier molecular flexibility index (Phi) is 4.42. The average molecular weight is 303 g/mol. The third kappa shape index (κ3) is 3.96. The molecular formula is C17H19ClN2O. The predicted molar refractivity (Wildman–Crippen MR) is 85.0 cm³/mol. The quantitative estimate of drug-likeness (QED) is 0.862. The molecule has 1 aliphatic rings. The molecule has 3 nitrogen and oxygen atoms in total. The normalized spacial score (nSPS) is 14.2. The van der Waals surface area contributed by atoms with Gasteiger partial charge < -0.3 is 10.1 Å². The van der Waals surface area contributed by atoms with Gasteiger partial charge in [-0.2, -0.15) is 0 Å². The lowest BCUT2D eigenvalue weighted by atomic mass is 10.1. The van der Waals surface area contributed by atoms with Crippen molar-refractivity contribution in [3.8, 4) is 11.6 Å². The lowest BCUT2D eigenvalue weighted by Crippen LogP contribution is -2.15. The van der Waals surface area contributed by atoms with E-state index in [0.29, 0.717) is 11.9 Å². The first-order valence-corrected chi connectivity index (χ1v) is 7.77. The zero-order chi connectivity index (χ0) is 14.7. The van der Waals surface area contributed by atoms with Gasteiger partial charge in [-0.3, -0.25) is 0 Å². The summed E-state index contributed by atoms with van der Waals surface area (Å²) >= 11 is 6.11. The zero-order valence-corrected chi connectivity index (χ0v) is 12.9. The minimum Gasteiger partial charge on any atom is -0.439 e. The molecule has 0 spiro atoms. The van der Waals surface area contributed by atoms with Crippen LogP contribution in [0.2, 0.25) is 5.02 Å². The third-order valence-electron chi connectivity index (χ3n) is 3.59. The molecule has 0 radical (unpaired) electrons. The number of hydrogen-bond donors (Lipinski definition) is 1. The van der Waals surface area contributed by atoms with Gasteiger partial charge in [-0.25, -0.2) is 4.98 Å². The fraction of sp³-hybridized carbons (Fsp3) is 0.353. The second-order valence-corrected chi connectivity index (χ2v) is 5.78. The lowest BCUT2D eigenvalue weighted by Gasteiger charge is -2.08. The minimum absolute atomic E-state index is 0.606. The van der Waals surface area contributed by atoms with Crippen LogP contribution in [0.5, 0.6) is 11.6 Å². The summed E-state index contributed by atoms with van der Waals surface area (Å²) in [4.78, 5) is 4.36. The fourth-order valence-electron chi connectivity index (χ4n) is 2.13. The van der Waals surface area contributed by atoms with Crippen molar-refractivity contribution in [2.75, 3.05) is 0 Å². The summed E-state index contributed by atoms with van der Waals surface area (Å²) in [5, 5.41) is 4.24. The molecule has 110 valence electrons. The zero-order valence-electron chi connectivity index (χ0n) is 12.1. The Morgan fingerprint density at radius 2 is 2.14 bits per heavy atom. The average Bonchev–Trinajstić information content (AvgIpc) is 3.33. The number of pyridine rings is 1. The van der Waals surface area contributed by atoms with Crippen molar-refractivity contribution in [1.29, 1.82) is 0 Å². The van der Waals surface area contributed by atoms with Crippen LogP contribution < -0.4 is 10.1 Å². The Labute approximate surface area is 130 Å². The van der Waals surface area contributed by atoms with Gasteiger partial charge in [0.05, 0.1) is 0 Å². The number of nitrogens with zero attached hydrogens (tertiary/aromatic N) is 1. The number of halogens is 1. The molecule has 1 aromatic carbocycles. The summed E-state index contributed by atoms with van der Waals surface area (Å²) in [7, 11) is 0. The van der Waals surface area contributed by atoms with Crippen LogP contribution in [0.4, 0.5) is 0 Å². The van der Waals surface area contributed by atoms with E-state index in [9.17, 15) is 0 Å². The largest absolute Gasteiger partial charge is 0.439 e. The van der Waals surface area contributed by atoms with Crippen LogP contribution in [-0.2, 0) is 13.0 Å². The van der Waals surface area contributed by atoms with Gasteiger partial charge >= 0.3 is 0 Å². The second-order valence-electron chi connectivity index (χ2n) is 5.37. The van der Waals surface area contributed by atoms with Gasteiger partial charge in [0.1, 0.15) is 5.75 Å². The molecule has 1 aliphatic carbocycles. The smallest absolute Gasteiger partial charge is 0.219 e. The summed E-state index contributed by atoms with van der Waals surface area (Å²) in [6, 6.07) is 10.4. The number of nitrogens with one attached hydrogen (secondary N) is 1. The second kappa shape index (κ2) is 6.46. The van der Waals surface area contributed by atoms with E-state index in [2.05, 4.69) is 17.2 Å². The van der Waals surface area contributed by atoms with Crippen LogP contribution in [0.15, 0.2) is 36.5 Å². The Bertz CT molecular complexity index is 609. The third-order valence-corrected chi connectivity index (χ3v) is 3.96. The highest BCUT2D eigenvalue weighted by molar-refractivity contribution is 6.31. The van der Waals surface area contributed by atoms with Crippen molar-refractivity contribution in [1.82, 2.24) is 10.3 Å². The van der Waals surface area contributed by atoms with Gasteiger partial charge in [0.2, 0.25) is 5.88 Å². The van der Waals surface area contributed by atoms with E-state index in [1.807, 2.05) is 36.5 Å². The van der Waals surface area contributed by atoms with E-state index in [1.165, 1.54) is 18.4 Å². The molecule has 0 unspecified atom stereocenters. The summed E-state index contributed by atoms with van der Waals surface area (Å²) < 4.78 is 5.78. The maximum atomic E-state index is 6.11. The molecule has 4 heteroatoms. The Morgan fingerprint density at radius 3 is 2.81 bits per heavy atom. The Morgan fingerprint density at radius 1 is 1.29 bits per heavy atom. The van der Waals surface area contributed by atoms with Gasteiger partial charge in [-0.15, -0.1) is 0 Å². The molecule has 1 aromatic heterocycles. The standard InChI is InChI=1S/C17H19ClN2O/c1-2-13-9-15(6-7-16(13)18)21-17-8-3-12(11-20-17)10-19-14-4-5-14/h3,6-9,11,14,19H,2,4-5,10H2,1H3. The Balaban J connectivity index is 1.63. The van der Waals surface area contributed by atoms with E-state index < -0.39 is 0 Å². The highest BCUT2D eigenvalue weighted by Gasteiger charge is 2.19. The minimum atomic E-state index is 0.606. The molecule has 0 aliphatic heterocycles. The number of rotatable bonds is 6. The SMILES string of the molecule is CCc1cc(Oc2ccc(CNC3CC3)cn2)ccc1Cl. The van der Waals surface area contributed by atoms with E-state index in [0.717, 1.165) is 29.3 Å². The van der Waals surface area contributed by atoms with Crippen LogP contribution in [0, 0.1) is 0 Å². The summed E-state index contributed by atoms with van der Waals surface area (Å²) in [5.41, 5.74) is 2.26. The van der Waals surface area contributed by atoms with Gasteiger partial charge in [-0.05, 0) is 48.6 Å². The summed E-state index contributed by atoms with van der Waals surface area (Å²) in [6.45, 7) is 2.95. The molecule has 3 rings (SSSR count). The van der Waals surface area contributed by atoms with E-state index in [4.69, 9.17) is 16.3 Å². The van der Waals surface area contributed by atoms with Gasteiger partial charge in [0, 0.05) is 29.9 Å². The van der Waals surface area contributed by atoms with Crippen LogP contribution in [0.25, 0.3) is 0 Å². The molecule has 0 amide bonds. The van der Waals surface area contributed by atoms with E-state index in [1.54, 1.807) is 0 Å².